The van der Waals surface area contributed by atoms with Gasteiger partial charge in [0.15, 0.2) is 0 Å². The van der Waals surface area contributed by atoms with Crippen LogP contribution in [0.5, 0.6) is 5.75 Å². The van der Waals surface area contributed by atoms with Crippen molar-refractivity contribution in [2.75, 3.05) is 11.9 Å². The summed E-state index contributed by atoms with van der Waals surface area (Å²) in [5.74, 6) is -1.84. The number of amides is 4. The van der Waals surface area contributed by atoms with E-state index in [0.717, 1.165) is 15.4 Å². The molecule has 1 aliphatic heterocycles. The lowest BCUT2D eigenvalue weighted by molar-refractivity contribution is -0.140. The van der Waals surface area contributed by atoms with E-state index in [1.54, 1.807) is 56.3 Å². The van der Waals surface area contributed by atoms with Crippen LogP contribution in [0.1, 0.15) is 16.7 Å². The average molecular weight is 352 g/mol. The standard InChI is InChI=1S/C20H20N2O4/c1-12-9-14(10-13(2)17(12)23)11-16-18(24)21(3)20(26)22(19(16)25)15-7-5-4-6-8-15/h4-10,16,23H,11H2,1-3H3. The topological polar surface area (TPSA) is 77.9 Å². The molecule has 0 aromatic heterocycles. The van der Waals surface area contributed by atoms with E-state index in [2.05, 4.69) is 0 Å². The molecule has 6 heteroatoms. The molecule has 6 nitrogen and oxygen atoms in total. The van der Waals surface area contributed by atoms with Gasteiger partial charge in [0.1, 0.15) is 11.7 Å². The van der Waals surface area contributed by atoms with E-state index in [4.69, 9.17) is 0 Å². The summed E-state index contributed by atoms with van der Waals surface area (Å²) in [6.45, 7) is 3.53. The van der Waals surface area contributed by atoms with Crippen molar-refractivity contribution >= 4 is 23.5 Å². The van der Waals surface area contributed by atoms with Gasteiger partial charge in [-0.25, -0.2) is 9.69 Å². The molecule has 0 saturated carbocycles. The Kier molecular flexibility index (Phi) is 4.50. The monoisotopic (exact) mass is 352 g/mol. The average Bonchev–Trinajstić information content (AvgIpc) is 2.62. The van der Waals surface area contributed by atoms with Gasteiger partial charge in [0, 0.05) is 7.05 Å². The minimum Gasteiger partial charge on any atom is -0.507 e. The van der Waals surface area contributed by atoms with Crippen LogP contribution in [-0.4, -0.2) is 34.9 Å². The summed E-state index contributed by atoms with van der Waals surface area (Å²) in [6, 6.07) is 11.4. The Morgan fingerprint density at radius 3 is 2.12 bits per heavy atom. The van der Waals surface area contributed by atoms with Gasteiger partial charge >= 0.3 is 6.03 Å². The van der Waals surface area contributed by atoms with Crippen molar-refractivity contribution in [2.24, 2.45) is 5.92 Å². The molecule has 0 spiro atoms. The number of urea groups is 1. The van der Waals surface area contributed by atoms with Crippen molar-refractivity contribution in [3.05, 3.63) is 59.2 Å². The van der Waals surface area contributed by atoms with Crippen molar-refractivity contribution in [2.45, 2.75) is 20.3 Å². The van der Waals surface area contributed by atoms with Crippen LogP contribution in [0.3, 0.4) is 0 Å². The molecule has 1 atom stereocenters. The maximum absolute atomic E-state index is 12.9. The first-order valence-electron chi connectivity index (χ1n) is 8.31. The van der Waals surface area contributed by atoms with Gasteiger partial charge < -0.3 is 5.11 Å². The Morgan fingerprint density at radius 2 is 1.54 bits per heavy atom. The number of benzene rings is 2. The number of phenols is 1. The molecule has 1 N–H and O–H groups in total. The number of hydrogen-bond acceptors (Lipinski definition) is 4. The maximum Gasteiger partial charge on any atom is 0.337 e. The molecule has 134 valence electrons. The molecule has 0 bridgehead atoms. The van der Waals surface area contributed by atoms with Crippen molar-refractivity contribution in [1.82, 2.24) is 4.90 Å². The van der Waals surface area contributed by atoms with E-state index in [1.807, 2.05) is 0 Å². The maximum atomic E-state index is 12.9. The van der Waals surface area contributed by atoms with Crippen molar-refractivity contribution in [3.63, 3.8) is 0 Å². The second-order valence-electron chi connectivity index (χ2n) is 6.52. The molecular formula is C20H20N2O4. The fourth-order valence-corrected chi connectivity index (χ4v) is 3.22. The molecule has 0 radical (unpaired) electrons. The highest BCUT2D eigenvalue weighted by Crippen LogP contribution is 2.28. The molecule has 1 fully saturated rings. The molecule has 4 amide bonds. The van der Waals surface area contributed by atoms with Crippen LogP contribution < -0.4 is 4.90 Å². The molecule has 1 unspecified atom stereocenters. The lowest BCUT2D eigenvalue weighted by atomic mass is 9.92. The van der Waals surface area contributed by atoms with Gasteiger partial charge in [-0.05, 0) is 49.1 Å². The minimum atomic E-state index is -0.985. The van der Waals surface area contributed by atoms with Crippen molar-refractivity contribution < 1.29 is 19.5 Å². The third-order valence-electron chi connectivity index (χ3n) is 4.63. The molecule has 3 rings (SSSR count). The minimum absolute atomic E-state index is 0.167. The zero-order valence-corrected chi connectivity index (χ0v) is 14.9. The number of phenolic OH excluding ortho intramolecular Hbond substituents is 1. The lowest BCUT2D eigenvalue weighted by Gasteiger charge is -2.35. The number of imide groups is 2. The van der Waals surface area contributed by atoms with Crippen molar-refractivity contribution in [1.29, 1.82) is 0 Å². The third-order valence-corrected chi connectivity index (χ3v) is 4.63. The fraction of sp³-hybridized carbons (Fsp3) is 0.250. The quantitative estimate of drug-likeness (QED) is 0.862. The molecule has 2 aromatic carbocycles. The van der Waals surface area contributed by atoms with Gasteiger partial charge in [-0.15, -0.1) is 0 Å². The molecule has 0 aliphatic carbocycles. The van der Waals surface area contributed by atoms with Gasteiger partial charge in [0.2, 0.25) is 11.8 Å². The van der Waals surface area contributed by atoms with E-state index in [0.29, 0.717) is 16.8 Å². The Hall–Kier alpha value is -3.15. The second-order valence-corrected chi connectivity index (χ2v) is 6.52. The smallest absolute Gasteiger partial charge is 0.337 e. The largest absolute Gasteiger partial charge is 0.507 e. The zero-order valence-electron chi connectivity index (χ0n) is 14.9. The summed E-state index contributed by atoms with van der Waals surface area (Å²) in [5.41, 5.74) is 2.56. The van der Waals surface area contributed by atoms with Gasteiger partial charge in [-0.2, -0.15) is 0 Å². The van der Waals surface area contributed by atoms with Crippen LogP contribution in [0.25, 0.3) is 0 Å². The van der Waals surface area contributed by atoms with Crippen LogP contribution in [0.15, 0.2) is 42.5 Å². The number of rotatable bonds is 3. The molecular weight excluding hydrogens is 332 g/mol. The summed E-state index contributed by atoms with van der Waals surface area (Å²) >= 11 is 0. The summed E-state index contributed by atoms with van der Waals surface area (Å²) in [6.07, 6.45) is 0.167. The highest BCUT2D eigenvalue weighted by molar-refractivity contribution is 6.27. The summed E-state index contributed by atoms with van der Waals surface area (Å²) < 4.78 is 0. The van der Waals surface area contributed by atoms with Gasteiger partial charge in [0.25, 0.3) is 0 Å². The molecule has 1 saturated heterocycles. The Labute approximate surface area is 151 Å². The van der Waals surface area contributed by atoms with E-state index >= 15 is 0 Å². The van der Waals surface area contributed by atoms with Crippen LogP contribution in [0.2, 0.25) is 0 Å². The fourth-order valence-electron chi connectivity index (χ4n) is 3.22. The normalized spacial score (nSPS) is 17.8. The number of anilines is 1. The molecule has 2 aromatic rings. The second kappa shape index (κ2) is 6.63. The molecule has 1 heterocycles. The number of carbonyl (C=O) groups is 3. The van der Waals surface area contributed by atoms with Crippen molar-refractivity contribution in [3.8, 4) is 5.75 Å². The number of barbiturate groups is 1. The zero-order chi connectivity index (χ0) is 19.0. The van der Waals surface area contributed by atoms with E-state index in [9.17, 15) is 19.5 Å². The van der Waals surface area contributed by atoms with Gasteiger partial charge in [-0.3, -0.25) is 14.5 Å². The Morgan fingerprint density at radius 1 is 0.962 bits per heavy atom. The predicted molar refractivity (Wildman–Crippen MR) is 96.9 cm³/mol. The van der Waals surface area contributed by atoms with Gasteiger partial charge in [-0.1, -0.05) is 30.3 Å². The third kappa shape index (κ3) is 2.94. The Bertz CT molecular complexity index is 869. The number of aryl methyl sites for hydroxylation is 2. The number of nitrogens with zero attached hydrogens (tertiary/aromatic N) is 2. The number of hydrogen-bond donors (Lipinski definition) is 1. The van der Waals surface area contributed by atoms with Crippen LogP contribution in [-0.2, 0) is 16.0 Å². The van der Waals surface area contributed by atoms with Crippen LogP contribution in [0, 0.1) is 19.8 Å². The van der Waals surface area contributed by atoms with Crippen LogP contribution >= 0.6 is 0 Å². The van der Waals surface area contributed by atoms with E-state index in [-0.39, 0.29) is 12.2 Å². The highest BCUT2D eigenvalue weighted by Gasteiger charge is 2.44. The highest BCUT2D eigenvalue weighted by atomic mass is 16.3. The summed E-state index contributed by atoms with van der Waals surface area (Å²) in [4.78, 5) is 40.0. The lowest BCUT2D eigenvalue weighted by Crippen LogP contribution is -2.59. The summed E-state index contributed by atoms with van der Waals surface area (Å²) in [7, 11) is 1.38. The SMILES string of the molecule is Cc1cc(CC2C(=O)N(C)C(=O)N(c3ccccc3)C2=O)cc(C)c1O. The number of para-hydroxylation sites is 1. The number of aromatic hydroxyl groups is 1. The first kappa shape index (κ1) is 17.7. The van der Waals surface area contributed by atoms with Crippen LogP contribution in [0.4, 0.5) is 10.5 Å². The molecule has 26 heavy (non-hydrogen) atoms. The van der Waals surface area contributed by atoms with E-state index in [1.165, 1.54) is 7.05 Å². The first-order chi connectivity index (χ1) is 12.3. The molecule has 1 aliphatic rings. The number of carbonyl (C=O) groups excluding carboxylic acids is 3. The van der Waals surface area contributed by atoms with Gasteiger partial charge in [0.05, 0.1) is 5.69 Å². The predicted octanol–water partition coefficient (Wildman–Crippen LogP) is 2.79. The Balaban J connectivity index is 1.97. The van der Waals surface area contributed by atoms with E-state index < -0.39 is 23.8 Å². The summed E-state index contributed by atoms with van der Waals surface area (Å²) in [5, 5.41) is 9.91. The first-order valence-corrected chi connectivity index (χ1v) is 8.31.